The highest BCUT2D eigenvalue weighted by atomic mass is 16.6. The van der Waals surface area contributed by atoms with E-state index in [9.17, 15) is 10.1 Å². The summed E-state index contributed by atoms with van der Waals surface area (Å²) in [5.74, 6) is 0.303. The van der Waals surface area contributed by atoms with Gasteiger partial charge in [0.25, 0.3) is 0 Å². The highest BCUT2D eigenvalue weighted by molar-refractivity contribution is 5.61. The molecule has 2 rings (SSSR count). The van der Waals surface area contributed by atoms with Crippen molar-refractivity contribution in [3.8, 4) is 0 Å². The van der Waals surface area contributed by atoms with Crippen LogP contribution in [0.1, 0.15) is 38.3 Å². The van der Waals surface area contributed by atoms with Crippen molar-refractivity contribution >= 4 is 17.5 Å². The van der Waals surface area contributed by atoms with Crippen molar-refractivity contribution in [3.05, 3.63) is 15.8 Å². The maximum absolute atomic E-state index is 11.1. The van der Waals surface area contributed by atoms with Gasteiger partial charge in [0.1, 0.15) is 5.69 Å². The van der Waals surface area contributed by atoms with Crippen LogP contribution in [-0.4, -0.2) is 20.4 Å². The molecule has 0 aromatic carbocycles. The number of aromatic nitrogens is 2. The number of nitro groups is 1. The Morgan fingerprint density at radius 1 is 1.50 bits per heavy atom. The van der Waals surface area contributed by atoms with Crippen LogP contribution in [0.5, 0.6) is 0 Å². The maximum Gasteiger partial charge on any atom is 0.332 e. The molecule has 1 saturated carbocycles. The topological polar surface area (TPSA) is 107 Å². The summed E-state index contributed by atoms with van der Waals surface area (Å²) in [6, 6.07) is 0. The summed E-state index contributed by atoms with van der Waals surface area (Å²) in [6.07, 6.45) is 4.05. The maximum atomic E-state index is 11.1. The van der Waals surface area contributed by atoms with Crippen LogP contribution in [0.3, 0.4) is 0 Å². The first-order valence-electron chi connectivity index (χ1n) is 6.04. The van der Waals surface area contributed by atoms with Gasteiger partial charge in [-0.2, -0.15) is 4.98 Å². The molecule has 3 N–H and O–H groups in total. The highest BCUT2D eigenvalue weighted by Crippen LogP contribution is 2.39. The predicted molar refractivity (Wildman–Crippen MR) is 68.3 cm³/mol. The normalized spacial score (nSPS) is 17.0. The Morgan fingerprint density at radius 3 is 2.61 bits per heavy atom. The van der Waals surface area contributed by atoms with Crippen molar-refractivity contribution in [3.63, 3.8) is 0 Å². The summed E-state index contributed by atoms with van der Waals surface area (Å²) in [5, 5.41) is 14.3. The average molecular weight is 251 g/mol. The first-order chi connectivity index (χ1) is 8.47. The summed E-state index contributed by atoms with van der Waals surface area (Å²) in [7, 11) is 0. The van der Waals surface area contributed by atoms with E-state index in [4.69, 9.17) is 5.73 Å². The molecule has 1 fully saturated rings. The van der Waals surface area contributed by atoms with Gasteiger partial charge in [-0.05, 0) is 32.6 Å². The van der Waals surface area contributed by atoms with Crippen LogP contribution in [0, 0.1) is 17.0 Å². The van der Waals surface area contributed by atoms with Gasteiger partial charge in [-0.3, -0.25) is 10.1 Å². The summed E-state index contributed by atoms with van der Waals surface area (Å²) >= 11 is 0. The fourth-order valence-corrected chi connectivity index (χ4v) is 2.32. The fourth-order valence-electron chi connectivity index (χ4n) is 2.32. The molecule has 0 atom stereocenters. The molecule has 0 aliphatic heterocycles. The number of nitrogen functional groups attached to an aromatic ring is 1. The second-order valence-corrected chi connectivity index (χ2v) is 4.73. The molecule has 1 aliphatic carbocycles. The minimum Gasteiger partial charge on any atom is -0.368 e. The molecular weight excluding hydrogens is 234 g/mol. The summed E-state index contributed by atoms with van der Waals surface area (Å²) in [6.45, 7) is 3.64. The monoisotopic (exact) mass is 251 g/mol. The van der Waals surface area contributed by atoms with Crippen LogP contribution in [0.2, 0.25) is 0 Å². The van der Waals surface area contributed by atoms with Gasteiger partial charge in [0.2, 0.25) is 11.8 Å². The first kappa shape index (κ1) is 12.5. The average Bonchev–Trinajstić information content (AvgIpc) is 2.21. The molecule has 1 heterocycles. The van der Waals surface area contributed by atoms with Gasteiger partial charge >= 0.3 is 5.69 Å². The molecule has 1 aliphatic rings. The number of nitrogens with two attached hydrogens (primary N) is 1. The van der Waals surface area contributed by atoms with Crippen molar-refractivity contribution in [2.45, 2.75) is 45.1 Å². The lowest BCUT2D eigenvalue weighted by atomic mass is 9.75. The van der Waals surface area contributed by atoms with Crippen molar-refractivity contribution in [2.24, 2.45) is 0 Å². The van der Waals surface area contributed by atoms with Crippen molar-refractivity contribution in [1.29, 1.82) is 0 Å². The minimum absolute atomic E-state index is 0.0613. The van der Waals surface area contributed by atoms with E-state index in [1.165, 1.54) is 0 Å². The lowest BCUT2D eigenvalue weighted by Gasteiger charge is -2.42. The van der Waals surface area contributed by atoms with Crippen molar-refractivity contribution in [2.75, 3.05) is 11.1 Å². The lowest BCUT2D eigenvalue weighted by molar-refractivity contribution is -0.385. The summed E-state index contributed by atoms with van der Waals surface area (Å²) < 4.78 is 0. The SMILES string of the molecule is CCC1(Nc2nc(N)nc(C)c2[N+](=O)[O-])CCC1. The Kier molecular flexibility index (Phi) is 3.06. The van der Waals surface area contributed by atoms with Gasteiger partial charge in [-0.25, -0.2) is 4.98 Å². The summed E-state index contributed by atoms with van der Waals surface area (Å²) in [4.78, 5) is 18.4. The third-order valence-electron chi connectivity index (χ3n) is 3.63. The van der Waals surface area contributed by atoms with Gasteiger partial charge < -0.3 is 11.1 Å². The van der Waals surface area contributed by atoms with E-state index in [0.29, 0.717) is 5.69 Å². The van der Waals surface area contributed by atoms with E-state index in [1.54, 1.807) is 6.92 Å². The van der Waals surface area contributed by atoms with E-state index in [1.807, 2.05) is 0 Å². The van der Waals surface area contributed by atoms with Gasteiger partial charge in [0.05, 0.1) is 4.92 Å². The molecule has 18 heavy (non-hydrogen) atoms. The Balaban J connectivity index is 2.39. The molecule has 98 valence electrons. The quantitative estimate of drug-likeness (QED) is 0.626. The largest absolute Gasteiger partial charge is 0.368 e. The van der Waals surface area contributed by atoms with Gasteiger partial charge in [-0.15, -0.1) is 0 Å². The molecule has 0 unspecified atom stereocenters. The third-order valence-corrected chi connectivity index (χ3v) is 3.63. The molecule has 0 bridgehead atoms. The molecule has 7 nitrogen and oxygen atoms in total. The molecule has 0 saturated heterocycles. The van der Waals surface area contributed by atoms with Crippen LogP contribution < -0.4 is 11.1 Å². The van der Waals surface area contributed by atoms with Crippen LogP contribution in [0.15, 0.2) is 0 Å². The van der Waals surface area contributed by atoms with E-state index >= 15 is 0 Å². The van der Waals surface area contributed by atoms with E-state index in [2.05, 4.69) is 22.2 Å². The minimum atomic E-state index is -0.459. The van der Waals surface area contributed by atoms with E-state index < -0.39 is 4.92 Å². The molecule has 0 amide bonds. The van der Waals surface area contributed by atoms with Crippen LogP contribution in [0.25, 0.3) is 0 Å². The second kappa shape index (κ2) is 4.40. The second-order valence-electron chi connectivity index (χ2n) is 4.73. The number of hydrogen-bond acceptors (Lipinski definition) is 6. The molecule has 7 heteroatoms. The lowest BCUT2D eigenvalue weighted by Crippen LogP contribution is -2.44. The van der Waals surface area contributed by atoms with Crippen LogP contribution in [-0.2, 0) is 0 Å². The number of nitrogens with zero attached hydrogens (tertiary/aromatic N) is 3. The Labute approximate surface area is 105 Å². The fraction of sp³-hybridized carbons (Fsp3) is 0.636. The van der Waals surface area contributed by atoms with Crippen molar-refractivity contribution in [1.82, 2.24) is 9.97 Å². The van der Waals surface area contributed by atoms with Crippen LogP contribution >= 0.6 is 0 Å². The molecule has 1 aromatic rings. The Morgan fingerprint density at radius 2 is 2.17 bits per heavy atom. The molecule has 1 aromatic heterocycles. The smallest absolute Gasteiger partial charge is 0.332 e. The zero-order valence-electron chi connectivity index (χ0n) is 10.6. The zero-order chi connectivity index (χ0) is 13.3. The Bertz CT molecular complexity index is 479. The van der Waals surface area contributed by atoms with Crippen molar-refractivity contribution < 1.29 is 4.92 Å². The van der Waals surface area contributed by atoms with Gasteiger partial charge in [0.15, 0.2) is 0 Å². The Hall–Kier alpha value is -1.92. The third kappa shape index (κ3) is 2.07. The van der Waals surface area contributed by atoms with Crippen LogP contribution in [0.4, 0.5) is 17.5 Å². The molecule has 0 spiro atoms. The number of aryl methyl sites for hydroxylation is 1. The van der Waals surface area contributed by atoms with E-state index in [0.717, 1.165) is 25.7 Å². The standard InChI is InChI=1S/C11H17N5O2/c1-3-11(5-4-6-11)15-9-8(16(17)18)7(2)13-10(12)14-9/h3-6H2,1-2H3,(H3,12,13,14,15). The summed E-state index contributed by atoms with van der Waals surface area (Å²) in [5.41, 5.74) is 5.70. The highest BCUT2D eigenvalue weighted by Gasteiger charge is 2.37. The van der Waals surface area contributed by atoms with Gasteiger partial charge in [-0.1, -0.05) is 6.92 Å². The van der Waals surface area contributed by atoms with Gasteiger partial charge in [0, 0.05) is 5.54 Å². The number of nitrogens with one attached hydrogen (secondary N) is 1. The number of anilines is 2. The number of rotatable bonds is 4. The molecular formula is C11H17N5O2. The number of hydrogen-bond donors (Lipinski definition) is 2. The zero-order valence-corrected chi connectivity index (χ0v) is 10.6. The molecule has 0 radical (unpaired) electrons. The predicted octanol–water partition coefficient (Wildman–Crippen LogP) is 2.02. The van der Waals surface area contributed by atoms with E-state index in [-0.39, 0.29) is 23.0 Å². The first-order valence-corrected chi connectivity index (χ1v) is 6.04.